The van der Waals surface area contributed by atoms with E-state index in [4.69, 9.17) is 0 Å². The highest BCUT2D eigenvalue weighted by molar-refractivity contribution is 5.83. The summed E-state index contributed by atoms with van der Waals surface area (Å²) in [5.74, 6) is 0. The van der Waals surface area contributed by atoms with Gasteiger partial charge in [-0.05, 0) is 23.8 Å². The number of halogens is 2. The number of hydrogen-bond donors (Lipinski definition) is 0. The number of pyridine rings is 1. The van der Waals surface area contributed by atoms with E-state index in [1.54, 1.807) is 12.3 Å². The van der Waals surface area contributed by atoms with Gasteiger partial charge in [0, 0.05) is 22.7 Å². The Hall–Kier alpha value is -2.29. The molecule has 0 fully saturated rings. The third-order valence-electron chi connectivity index (χ3n) is 3.06. The van der Waals surface area contributed by atoms with Gasteiger partial charge in [0.25, 0.3) is 6.43 Å². The van der Waals surface area contributed by atoms with Crippen LogP contribution in [0.3, 0.4) is 0 Å². The van der Waals surface area contributed by atoms with Gasteiger partial charge in [0.15, 0.2) is 0 Å². The number of alkyl halides is 2. The molecule has 3 heteroatoms. The lowest BCUT2D eigenvalue weighted by Gasteiger charge is -2.06. The largest absolute Gasteiger partial charge is 0.263 e. The van der Waals surface area contributed by atoms with E-state index >= 15 is 0 Å². The average molecular weight is 255 g/mol. The number of nitrogens with zero attached hydrogens (tertiary/aromatic N) is 1. The van der Waals surface area contributed by atoms with Crippen LogP contribution in [0.4, 0.5) is 8.78 Å². The molecule has 0 aliphatic heterocycles. The average Bonchev–Trinajstić information content (AvgIpc) is 2.47. The second kappa shape index (κ2) is 4.76. The van der Waals surface area contributed by atoms with Gasteiger partial charge in [-0.25, -0.2) is 8.78 Å². The minimum Gasteiger partial charge on any atom is -0.256 e. The van der Waals surface area contributed by atoms with Crippen LogP contribution in [-0.4, -0.2) is 4.98 Å². The minimum atomic E-state index is -2.45. The molecule has 0 aliphatic rings. The fourth-order valence-corrected chi connectivity index (χ4v) is 2.08. The van der Waals surface area contributed by atoms with Crippen LogP contribution < -0.4 is 0 Å². The number of hydrogen-bond acceptors (Lipinski definition) is 1. The summed E-state index contributed by atoms with van der Waals surface area (Å²) < 4.78 is 25.4. The quantitative estimate of drug-likeness (QED) is 0.638. The van der Waals surface area contributed by atoms with E-state index in [2.05, 4.69) is 4.98 Å². The number of para-hydroxylation sites is 1. The molecule has 0 N–H and O–H groups in total. The topological polar surface area (TPSA) is 12.9 Å². The van der Waals surface area contributed by atoms with Gasteiger partial charge in [-0.3, -0.25) is 4.98 Å². The molecular weight excluding hydrogens is 244 g/mol. The maximum absolute atomic E-state index is 12.7. The van der Waals surface area contributed by atoms with Crippen molar-refractivity contribution in [3.8, 4) is 11.1 Å². The standard InChI is InChI=1S/C16H11F2N/c17-16(18)13-6-3-5-11(8-13)14-9-12-4-1-2-7-15(12)19-10-14/h1-10,16H. The monoisotopic (exact) mass is 255 g/mol. The molecule has 0 atom stereocenters. The first-order valence-electron chi connectivity index (χ1n) is 5.97. The van der Waals surface area contributed by atoms with Crippen molar-refractivity contribution >= 4 is 10.9 Å². The summed E-state index contributed by atoms with van der Waals surface area (Å²) in [7, 11) is 0. The highest BCUT2D eigenvalue weighted by Crippen LogP contribution is 2.27. The first-order valence-corrected chi connectivity index (χ1v) is 5.97. The molecular formula is C16H11F2N. The van der Waals surface area contributed by atoms with Crippen LogP contribution in [0, 0.1) is 0 Å². The number of rotatable bonds is 2. The Labute approximate surface area is 109 Å². The molecule has 2 aromatic carbocycles. The summed E-state index contributed by atoms with van der Waals surface area (Å²) in [6, 6.07) is 16.1. The van der Waals surface area contributed by atoms with Gasteiger partial charge < -0.3 is 0 Å². The van der Waals surface area contributed by atoms with Crippen LogP contribution in [0.25, 0.3) is 22.0 Å². The third kappa shape index (κ3) is 2.32. The van der Waals surface area contributed by atoms with Crippen molar-refractivity contribution in [3.05, 3.63) is 66.4 Å². The Morgan fingerprint density at radius 3 is 2.53 bits per heavy atom. The first kappa shape index (κ1) is 11.8. The summed E-state index contributed by atoms with van der Waals surface area (Å²) in [4.78, 5) is 4.34. The highest BCUT2D eigenvalue weighted by atomic mass is 19.3. The molecule has 1 nitrogen and oxygen atoms in total. The van der Waals surface area contributed by atoms with E-state index in [1.807, 2.05) is 36.4 Å². The van der Waals surface area contributed by atoms with Crippen molar-refractivity contribution in [2.45, 2.75) is 6.43 Å². The lowest BCUT2D eigenvalue weighted by Crippen LogP contribution is -1.87. The maximum Gasteiger partial charge on any atom is 0.263 e. The van der Waals surface area contributed by atoms with Gasteiger partial charge in [0.1, 0.15) is 0 Å². The molecule has 0 unspecified atom stereocenters. The molecule has 0 radical (unpaired) electrons. The highest BCUT2D eigenvalue weighted by Gasteiger charge is 2.08. The molecule has 1 aromatic heterocycles. The molecule has 3 aromatic rings. The summed E-state index contributed by atoms with van der Waals surface area (Å²) in [5.41, 5.74) is 2.54. The molecule has 0 bridgehead atoms. The van der Waals surface area contributed by atoms with E-state index in [1.165, 1.54) is 12.1 Å². The predicted molar refractivity (Wildman–Crippen MR) is 72.1 cm³/mol. The van der Waals surface area contributed by atoms with Crippen LogP contribution in [0.15, 0.2) is 60.8 Å². The van der Waals surface area contributed by atoms with Crippen LogP contribution in [0.2, 0.25) is 0 Å². The number of benzene rings is 2. The Morgan fingerprint density at radius 1 is 0.842 bits per heavy atom. The van der Waals surface area contributed by atoms with Gasteiger partial charge in [-0.15, -0.1) is 0 Å². The van der Waals surface area contributed by atoms with Crippen LogP contribution in [-0.2, 0) is 0 Å². The Morgan fingerprint density at radius 2 is 1.68 bits per heavy atom. The molecule has 0 spiro atoms. The maximum atomic E-state index is 12.7. The summed E-state index contributed by atoms with van der Waals surface area (Å²) in [5, 5.41) is 1.00. The Balaban J connectivity index is 2.11. The van der Waals surface area contributed by atoms with Crippen molar-refractivity contribution in [3.63, 3.8) is 0 Å². The fraction of sp³-hybridized carbons (Fsp3) is 0.0625. The summed E-state index contributed by atoms with van der Waals surface area (Å²) in [6.45, 7) is 0. The first-order chi connectivity index (χ1) is 9.24. The smallest absolute Gasteiger partial charge is 0.256 e. The molecule has 19 heavy (non-hydrogen) atoms. The zero-order valence-corrected chi connectivity index (χ0v) is 10.1. The number of fused-ring (bicyclic) bond motifs is 1. The molecule has 0 amide bonds. The molecule has 94 valence electrons. The second-order valence-corrected chi connectivity index (χ2v) is 4.34. The van der Waals surface area contributed by atoms with E-state index in [-0.39, 0.29) is 5.56 Å². The zero-order chi connectivity index (χ0) is 13.2. The van der Waals surface area contributed by atoms with Crippen LogP contribution >= 0.6 is 0 Å². The van der Waals surface area contributed by atoms with Crippen molar-refractivity contribution in [2.75, 3.05) is 0 Å². The van der Waals surface area contributed by atoms with Crippen molar-refractivity contribution < 1.29 is 8.78 Å². The van der Waals surface area contributed by atoms with Gasteiger partial charge in [0.2, 0.25) is 0 Å². The number of aromatic nitrogens is 1. The molecule has 1 heterocycles. The van der Waals surface area contributed by atoms with Gasteiger partial charge in [0.05, 0.1) is 5.52 Å². The van der Waals surface area contributed by atoms with Crippen molar-refractivity contribution in [1.29, 1.82) is 0 Å². The van der Waals surface area contributed by atoms with Gasteiger partial charge in [-0.2, -0.15) is 0 Å². The summed E-state index contributed by atoms with van der Waals surface area (Å²) in [6.07, 6.45) is -0.735. The Bertz CT molecular complexity index is 723. The predicted octanol–water partition coefficient (Wildman–Crippen LogP) is 4.84. The van der Waals surface area contributed by atoms with E-state index in [9.17, 15) is 8.78 Å². The third-order valence-corrected chi connectivity index (χ3v) is 3.06. The lowest BCUT2D eigenvalue weighted by atomic mass is 10.0. The van der Waals surface area contributed by atoms with E-state index in [0.29, 0.717) is 0 Å². The molecule has 3 rings (SSSR count). The van der Waals surface area contributed by atoms with Crippen molar-refractivity contribution in [1.82, 2.24) is 4.98 Å². The minimum absolute atomic E-state index is 0.0330. The fourth-order valence-electron chi connectivity index (χ4n) is 2.08. The molecule has 0 saturated carbocycles. The van der Waals surface area contributed by atoms with Gasteiger partial charge >= 0.3 is 0 Å². The van der Waals surface area contributed by atoms with E-state index in [0.717, 1.165) is 22.0 Å². The lowest BCUT2D eigenvalue weighted by molar-refractivity contribution is 0.151. The van der Waals surface area contributed by atoms with Gasteiger partial charge in [-0.1, -0.05) is 36.4 Å². The normalized spacial score (nSPS) is 11.1. The van der Waals surface area contributed by atoms with Crippen LogP contribution in [0.1, 0.15) is 12.0 Å². The molecule has 0 saturated heterocycles. The zero-order valence-electron chi connectivity index (χ0n) is 10.1. The SMILES string of the molecule is FC(F)c1cccc(-c2cnc3ccccc3c2)c1. The summed E-state index contributed by atoms with van der Waals surface area (Å²) >= 11 is 0. The Kier molecular flexibility index (Phi) is 2.95. The molecule has 0 aliphatic carbocycles. The van der Waals surface area contributed by atoms with E-state index < -0.39 is 6.43 Å². The second-order valence-electron chi connectivity index (χ2n) is 4.34. The van der Waals surface area contributed by atoms with Crippen molar-refractivity contribution in [2.24, 2.45) is 0 Å². The van der Waals surface area contributed by atoms with Crippen LogP contribution in [0.5, 0.6) is 0 Å².